The van der Waals surface area contributed by atoms with Crippen molar-refractivity contribution in [2.24, 2.45) is 0 Å². The molecule has 0 N–H and O–H groups in total. The number of hydrogen-bond acceptors (Lipinski definition) is 6. The number of anilines is 1. The van der Waals surface area contributed by atoms with Crippen molar-refractivity contribution in [2.45, 2.75) is 12.7 Å². The minimum atomic E-state index is -4.52. The predicted octanol–water partition coefficient (Wildman–Crippen LogP) is 2.73. The smallest absolute Gasteiger partial charge is 0.366 e. The molecule has 0 aromatic carbocycles. The first-order chi connectivity index (χ1) is 12.8. The van der Waals surface area contributed by atoms with Gasteiger partial charge in [0.25, 0.3) is 5.56 Å². The molecule has 0 radical (unpaired) electrons. The lowest BCUT2D eigenvalue weighted by Gasteiger charge is -2.19. The molecular formula is C16H12ClF3N6O. The van der Waals surface area contributed by atoms with E-state index in [4.69, 9.17) is 11.6 Å². The van der Waals surface area contributed by atoms with Gasteiger partial charge < -0.3 is 4.90 Å². The molecule has 0 spiro atoms. The van der Waals surface area contributed by atoms with Gasteiger partial charge in [-0.3, -0.25) is 14.8 Å². The van der Waals surface area contributed by atoms with E-state index >= 15 is 0 Å². The van der Waals surface area contributed by atoms with Gasteiger partial charge in [-0.2, -0.15) is 23.0 Å². The first-order valence-electron chi connectivity index (χ1n) is 7.55. The third-order valence-corrected chi connectivity index (χ3v) is 3.98. The highest BCUT2D eigenvalue weighted by molar-refractivity contribution is 6.33. The molecule has 27 heavy (non-hydrogen) atoms. The molecule has 0 aliphatic heterocycles. The summed E-state index contributed by atoms with van der Waals surface area (Å²) in [6.45, 7) is 0.331. The van der Waals surface area contributed by atoms with Crippen molar-refractivity contribution in [3.05, 3.63) is 69.8 Å². The monoisotopic (exact) mass is 396 g/mol. The summed E-state index contributed by atoms with van der Waals surface area (Å²) in [6.07, 6.45) is 2.10. The molecular weight excluding hydrogens is 385 g/mol. The summed E-state index contributed by atoms with van der Waals surface area (Å²) in [5, 5.41) is 3.82. The fourth-order valence-corrected chi connectivity index (χ4v) is 2.55. The molecule has 0 saturated heterocycles. The largest absolute Gasteiger partial charge is 0.417 e. The number of aromatic nitrogens is 5. The SMILES string of the molecule is CN(Cc1cnccn1)c1cnn(-c2ccc(C(F)(F)F)cn2)c(=O)c1Cl. The third-order valence-electron chi connectivity index (χ3n) is 3.62. The van der Waals surface area contributed by atoms with Crippen LogP contribution in [0, 0.1) is 0 Å². The molecule has 0 fully saturated rings. The Bertz CT molecular complexity index is 992. The number of nitrogens with zero attached hydrogens (tertiary/aromatic N) is 6. The fourth-order valence-electron chi connectivity index (χ4n) is 2.27. The highest BCUT2D eigenvalue weighted by atomic mass is 35.5. The van der Waals surface area contributed by atoms with Crippen LogP contribution < -0.4 is 10.5 Å². The molecule has 3 aromatic rings. The molecule has 140 valence electrons. The number of alkyl halides is 3. The van der Waals surface area contributed by atoms with Crippen molar-refractivity contribution in [2.75, 3.05) is 11.9 Å². The van der Waals surface area contributed by atoms with E-state index in [1.54, 1.807) is 18.1 Å². The van der Waals surface area contributed by atoms with Crippen LogP contribution in [0.25, 0.3) is 5.82 Å². The van der Waals surface area contributed by atoms with Gasteiger partial charge in [0, 0.05) is 25.6 Å². The molecule has 3 aromatic heterocycles. The average molecular weight is 397 g/mol. The van der Waals surface area contributed by atoms with Crippen molar-refractivity contribution in [1.29, 1.82) is 0 Å². The van der Waals surface area contributed by atoms with Crippen LogP contribution in [-0.2, 0) is 12.7 Å². The molecule has 3 heterocycles. The maximum atomic E-state index is 12.6. The van der Waals surface area contributed by atoms with Gasteiger partial charge in [0.2, 0.25) is 0 Å². The Morgan fingerprint density at radius 2 is 1.93 bits per heavy atom. The maximum absolute atomic E-state index is 12.6. The highest BCUT2D eigenvalue weighted by Gasteiger charge is 2.30. The Kier molecular flexibility index (Phi) is 5.08. The summed E-state index contributed by atoms with van der Waals surface area (Å²) >= 11 is 6.15. The van der Waals surface area contributed by atoms with Gasteiger partial charge in [-0.1, -0.05) is 11.6 Å². The fraction of sp³-hybridized carbons (Fsp3) is 0.188. The van der Waals surface area contributed by atoms with Gasteiger partial charge >= 0.3 is 6.18 Å². The third kappa shape index (κ3) is 4.05. The van der Waals surface area contributed by atoms with Crippen molar-refractivity contribution in [3.63, 3.8) is 0 Å². The van der Waals surface area contributed by atoms with Crippen molar-refractivity contribution < 1.29 is 13.2 Å². The Balaban J connectivity index is 1.90. The van der Waals surface area contributed by atoms with Gasteiger partial charge in [-0.15, -0.1) is 0 Å². The molecule has 11 heteroatoms. The zero-order valence-corrected chi connectivity index (χ0v) is 14.6. The second kappa shape index (κ2) is 7.31. The van der Waals surface area contributed by atoms with Crippen LogP contribution >= 0.6 is 11.6 Å². The van der Waals surface area contributed by atoms with E-state index in [0.717, 1.165) is 16.8 Å². The van der Waals surface area contributed by atoms with Crippen LogP contribution in [0.4, 0.5) is 18.9 Å². The molecule has 0 aliphatic carbocycles. The summed E-state index contributed by atoms with van der Waals surface area (Å²) in [4.78, 5) is 25.9. The molecule has 3 rings (SSSR count). The average Bonchev–Trinajstić information content (AvgIpc) is 2.64. The predicted molar refractivity (Wildman–Crippen MR) is 91.8 cm³/mol. The van der Waals surface area contributed by atoms with Crippen LogP contribution in [0.3, 0.4) is 0 Å². The second-order valence-corrected chi connectivity index (χ2v) is 5.89. The van der Waals surface area contributed by atoms with Crippen molar-refractivity contribution in [1.82, 2.24) is 24.7 Å². The lowest BCUT2D eigenvalue weighted by atomic mass is 10.3. The quantitative estimate of drug-likeness (QED) is 0.675. The standard InChI is InChI=1S/C16H12ClF3N6O/c1-25(9-11-7-21-4-5-22-11)12-8-24-26(15(27)14(12)17)13-3-2-10(6-23-13)16(18,19)20/h2-8H,9H2,1H3. The number of hydrogen-bond donors (Lipinski definition) is 0. The Morgan fingerprint density at radius 3 is 2.52 bits per heavy atom. The minimum Gasteiger partial charge on any atom is -0.366 e. The Morgan fingerprint density at radius 1 is 1.15 bits per heavy atom. The highest BCUT2D eigenvalue weighted by Crippen LogP contribution is 2.28. The van der Waals surface area contributed by atoms with Crippen LogP contribution in [0.15, 0.2) is 47.9 Å². The number of halogens is 4. The molecule has 0 bridgehead atoms. The first-order valence-corrected chi connectivity index (χ1v) is 7.92. The van der Waals surface area contributed by atoms with E-state index in [2.05, 4.69) is 20.1 Å². The molecule has 0 atom stereocenters. The Labute approximate surface area is 156 Å². The summed E-state index contributed by atoms with van der Waals surface area (Å²) in [6, 6.07) is 1.87. The van der Waals surface area contributed by atoms with E-state index < -0.39 is 17.3 Å². The van der Waals surface area contributed by atoms with E-state index in [9.17, 15) is 18.0 Å². The zero-order chi connectivity index (χ0) is 19.6. The number of pyridine rings is 1. The summed E-state index contributed by atoms with van der Waals surface area (Å²) in [7, 11) is 1.69. The summed E-state index contributed by atoms with van der Waals surface area (Å²) in [5.41, 5.74) is -0.627. The Hall–Kier alpha value is -3.01. The van der Waals surface area contributed by atoms with Crippen LogP contribution in [0.2, 0.25) is 5.02 Å². The lowest BCUT2D eigenvalue weighted by Crippen LogP contribution is -2.27. The van der Waals surface area contributed by atoms with E-state index in [1.165, 1.54) is 18.6 Å². The number of rotatable bonds is 4. The maximum Gasteiger partial charge on any atom is 0.417 e. The first kappa shape index (κ1) is 18.8. The van der Waals surface area contributed by atoms with E-state index in [1.807, 2.05) is 0 Å². The van der Waals surface area contributed by atoms with E-state index in [-0.39, 0.29) is 10.8 Å². The van der Waals surface area contributed by atoms with Gasteiger partial charge in [-0.25, -0.2) is 4.98 Å². The molecule has 0 amide bonds. The summed E-state index contributed by atoms with van der Waals surface area (Å²) in [5.74, 6) is -0.0713. The topological polar surface area (TPSA) is 76.8 Å². The minimum absolute atomic E-state index is 0.0713. The molecule has 7 nitrogen and oxygen atoms in total. The van der Waals surface area contributed by atoms with Gasteiger partial charge in [0.15, 0.2) is 5.82 Å². The van der Waals surface area contributed by atoms with Gasteiger partial charge in [0.1, 0.15) is 5.02 Å². The summed E-state index contributed by atoms with van der Waals surface area (Å²) < 4.78 is 38.7. The molecule has 0 unspecified atom stereocenters. The van der Waals surface area contributed by atoms with Crippen LogP contribution in [-0.4, -0.2) is 31.8 Å². The second-order valence-electron chi connectivity index (χ2n) is 5.52. The lowest BCUT2D eigenvalue weighted by molar-refractivity contribution is -0.137. The zero-order valence-electron chi connectivity index (χ0n) is 13.9. The van der Waals surface area contributed by atoms with Crippen molar-refractivity contribution in [3.8, 4) is 5.82 Å². The molecule has 0 saturated carbocycles. The van der Waals surface area contributed by atoms with Crippen LogP contribution in [0.1, 0.15) is 11.3 Å². The van der Waals surface area contributed by atoms with Gasteiger partial charge in [-0.05, 0) is 12.1 Å². The van der Waals surface area contributed by atoms with Crippen molar-refractivity contribution >= 4 is 17.3 Å². The van der Waals surface area contributed by atoms with Crippen LogP contribution in [0.5, 0.6) is 0 Å². The van der Waals surface area contributed by atoms with E-state index in [0.29, 0.717) is 24.1 Å². The van der Waals surface area contributed by atoms with Gasteiger partial charge in [0.05, 0.1) is 35.9 Å². The normalized spacial score (nSPS) is 11.4. The molecule has 0 aliphatic rings.